The fraction of sp³-hybridized carbons (Fsp3) is 0.727. The van der Waals surface area contributed by atoms with Gasteiger partial charge in [-0.1, -0.05) is 6.92 Å². The van der Waals surface area contributed by atoms with Crippen LogP contribution in [-0.4, -0.2) is 39.8 Å². The standard InChI is InChI=1S/C11H18N2O5/c1-2-11(4-3-5-11)13-10(18)12-7(9(16)17)6-8(14)15/h7H,2-6H2,1H3,(H,14,15)(H,16,17)(H2,12,13,18)/t7-/m1/s1. The van der Waals surface area contributed by atoms with Crippen LogP contribution in [-0.2, 0) is 9.59 Å². The quantitative estimate of drug-likeness (QED) is 0.555. The van der Waals surface area contributed by atoms with Gasteiger partial charge in [0.25, 0.3) is 0 Å². The lowest BCUT2D eigenvalue weighted by molar-refractivity contribution is -0.145. The van der Waals surface area contributed by atoms with Gasteiger partial charge in [0.05, 0.1) is 6.42 Å². The Morgan fingerprint density at radius 1 is 1.28 bits per heavy atom. The van der Waals surface area contributed by atoms with Crippen molar-refractivity contribution in [3.63, 3.8) is 0 Å². The molecule has 0 heterocycles. The Bertz CT molecular complexity index is 346. The monoisotopic (exact) mass is 258 g/mol. The number of carbonyl (C=O) groups excluding carboxylic acids is 1. The maximum absolute atomic E-state index is 11.6. The molecule has 0 bridgehead atoms. The molecule has 0 aromatic carbocycles. The summed E-state index contributed by atoms with van der Waals surface area (Å²) in [4.78, 5) is 32.9. The van der Waals surface area contributed by atoms with Crippen LogP contribution in [0, 0.1) is 0 Å². The number of amides is 2. The largest absolute Gasteiger partial charge is 0.481 e. The van der Waals surface area contributed by atoms with Gasteiger partial charge in [0.1, 0.15) is 6.04 Å². The predicted octanol–water partition coefficient (Wildman–Crippen LogP) is 0.546. The first-order valence-corrected chi connectivity index (χ1v) is 5.92. The number of nitrogens with one attached hydrogen (secondary N) is 2. The number of urea groups is 1. The second-order valence-corrected chi connectivity index (χ2v) is 4.57. The van der Waals surface area contributed by atoms with Crippen molar-refractivity contribution in [1.82, 2.24) is 10.6 Å². The minimum absolute atomic E-state index is 0.254. The van der Waals surface area contributed by atoms with Crippen molar-refractivity contribution in [3.05, 3.63) is 0 Å². The average Bonchev–Trinajstić information content (AvgIpc) is 2.21. The Labute approximate surface area is 105 Å². The molecule has 1 atom stereocenters. The topological polar surface area (TPSA) is 116 Å². The first-order chi connectivity index (χ1) is 8.38. The number of carbonyl (C=O) groups is 3. The van der Waals surface area contributed by atoms with Gasteiger partial charge >= 0.3 is 18.0 Å². The third-order valence-electron chi connectivity index (χ3n) is 3.35. The lowest BCUT2D eigenvalue weighted by Crippen LogP contribution is -2.58. The summed E-state index contributed by atoms with van der Waals surface area (Å²) < 4.78 is 0. The first kappa shape index (κ1) is 14.3. The van der Waals surface area contributed by atoms with Crippen LogP contribution < -0.4 is 10.6 Å². The maximum Gasteiger partial charge on any atom is 0.326 e. The zero-order chi connectivity index (χ0) is 13.8. The van der Waals surface area contributed by atoms with Gasteiger partial charge in [-0.05, 0) is 25.7 Å². The molecule has 1 saturated carbocycles. The second-order valence-electron chi connectivity index (χ2n) is 4.57. The number of carboxylic acid groups (broad SMARTS) is 2. The summed E-state index contributed by atoms with van der Waals surface area (Å²) in [6.45, 7) is 1.95. The van der Waals surface area contributed by atoms with Crippen LogP contribution >= 0.6 is 0 Å². The molecule has 18 heavy (non-hydrogen) atoms. The Kier molecular flexibility index (Phi) is 4.52. The second kappa shape index (κ2) is 5.70. The van der Waals surface area contributed by atoms with Crippen molar-refractivity contribution in [2.24, 2.45) is 0 Å². The molecule has 1 fully saturated rings. The molecule has 0 radical (unpaired) electrons. The van der Waals surface area contributed by atoms with Crippen molar-refractivity contribution in [2.45, 2.75) is 50.6 Å². The van der Waals surface area contributed by atoms with Crippen LogP contribution in [0.5, 0.6) is 0 Å². The van der Waals surface area contributed by atoms with Gasteiger partial charge in [-0.2, -0.15) is 0 Å². The van der Waals surface area contributed by atoms with Gasteiger partial charge in [-0.3, -0.25) is 4.79 Å². The average molecular weight is 258 g/mol. The highest BCUT2D eigenvalue weighted by Gasteiger charge is 2.37. The van der Waals surface area contributed by atoms with Crippen molar-refractivity contribution < 1.29 is 24.6 Å². The van der Waals surface area contributed by atoms with E-state index < -0.39 is 30.4 Å². The molecule has 1 aliphatic carbocycles. The third kappa shape index (κ3) is 3.61. The van der Waals surface area contributed by atoms with Gasteiger partial charge in [-0.25, -0.2) is 9.59 Å². The third-order valence-corrected chi connectivity index (χ3v) is 3.35. The Morgan fingerprint density at radius 2 is 1.89 bits per heavy atom. The van der Waals surface area contributed by atoms with Gasteiger partial charge < -0.3 is 20.8 Å². The Balaban J connectivity index is 2.50. The van der Waals surface area contributed by atoms with Crippen LogP contribution in [0.15, 0.2) is 0 Å². The number of carboxylic acids is 2. The van der Waals surface area contributed by atoms with E-state index in [9.17, 15) is 14.4 Å². The van der Waals surface area contributed by atoms with E-state index >= 15 is 0 Å². The van der Waals surface area contributed by atoms with Crippen LogP contribution in [0.2, 0.25) is 0 Å². The molecule has 7 nitrogen and oxygen atoms in total. The van der Waals surface area contributed by atoms with Crippen molar-refractivity contribution in [1.29, 1.82) is 0 Å². The SMILES string of the molecule is CCC1(NC(=O)N[C@H](CC(=O)O)C(=O)O)CCC1. The van der Waals surface area contributed by atoms with E-state index in [0.29, 0.717) is 0 Å². The molecule has 0 unspecified atom stereocenters. The minimum atomic E-state index is -1.41. The fourth-order valence-electron chi connectivity index (χ4n) is 1.98. The predicted molar refractivity (Wildman–Crippen MR) is 62.2 cm³/mol. The van der Waals surface area contributed by atoms with Crippen LogP contribution in [0.4, 0.5) is 4.79 Å². The van der Waals surface area contributed by atoms with E-state index in [4.69, 9.17) is 10.2 Å². The summed E-state index contributed by atoms with van der Waals surface area (Å²) in [5.74, 6) is -2.62. The summed E-state index contributed by atoms with van der Waals surface area (Å²) in [6.07, 6.45) is 2.91. The molecule has 1 aliphatic rings. The highest BCUT2D eigenvalue weighted by atomic mass is 16.4. The lowest BCUT2D eigenvalue weighted by atomic mass is 9.75. The van der Waals surface area contributed by atoms with Crippen LogP contribution in [0.1, 0.15) is 39.0 Å². The first-order valence-electron chi connectivity index (χ1n) is 5.92. The normalized spacial score (nSPS) is 18.3. The van der Waals surface area contributed by atoms with E-state index in [1.807, 2.05) is 6.92 Å². The molecule has 0 spiro atoms. The molecule has 0 saturated heterocycles. The van der Waals surface area contributed by atoms with Crippen molar-refractivity contribution in [2.75, 3.05) is 0 Å². The molecule has 4 N–H and O–H groups in total. The van der Waals surface area contributed by atoms with Gasteiger partial charge in [0.15, 0.2) is 0 Å². The minimum Gasteiger partial charge on any atom is -0.481 e. The lowest BCUT2D eigenvalue weighted by Gasteiger charge is -2.42. The van der Waals surface area contributed by atoms with Gasteiger partial charge in [-0.15, -0.1) is 0 Å². The Hall–Kier alpha value is -1.79. The zero-order valence-corrected chi connectivity index (χ0v) is 10.2. The summed E-state index contributed by atoms with van der Waals surface area (Å²) in [5.41, 5.74) is -0.254. The Morgan fingerprint density at radius 3 is 2.22 bits per heavy atom. The van der Waals surface area contributed by atoms with Gasteiger partial charge in [0.2, 0.25) is 0 Å². The van der Waals surface area contributed by atoms with Crippen molar-refractivity contribution in [3.8, 4) is 0 Å². The summed E-state index contributed by atoms with van der Waals surface area (Å²) >= 11 is 0. The van der Waals surface area contributed by atoms with E-state index in [-0.39, 0.29) is 5.54 Å². The van der Waals surface area contributed by atoms with Crippen LogP contribution in [0.3, 0.4) is 0 Å². The highest BCUT2D eigenvalue weighted by molar-refractivity contribution is 5.86. The molecule has 7 heteroatoms. The van der Waals surface area contributed by atoms with Gasteiger partial charge in [0, 0.05) is 5.54 Å². The molecule has 102 valence electrons. The highest BCUT2D eigenvalue weighted by Crippen LogP contribution is 2.34. The summed E-state index contributed by atoms with van der Waals surface area (Å²) in [5, 5.41) is 22.2. The number of aliphatic carboxylic acids is 2. The number of hydrogen-bond donors (Lipinski definition) is 4. The molecule has 0 aliphatic heterocycles. The molecule has 1 rings (SSSR count). The summed E-state index contributed by atoms with van der Waals surface area (Å²) in [7, 11) is 0. The summed E-state index contributed by atoms with van der Waals surface area (Å²) in [6, 6.07) is -2.03. The molecular weight excluding hydrogens is 240 g/mol. The fourth-order valence-corrected chi connectivity index (χ4v) is 1.98. The van der Waals surface area contributed by atoms with Crippen LogP contribution in [0.25, 0.3) is 0 Å². The molecule has 0 aromatic heterocycles. The molecule has 2 amide bonds. The van der Waals surface area contributed by atoms with Crippen molar-refractivity contribution >= 4 is 18.0 Å². The van der Waals surface area contributed by atoms with E-state index in [1.54, 1.807) is 0 Å². The number of hydrogen-bond acceptors (Lipinski definition) is 3. The molecule has 0 aromatic rings. The molecular formula is C11H18N2O5. The maximum atomic E-state index is 11.6. The van der Waals surface area contributed by atoms with E-state index in [0.717, 1.165) is 25.7 Å². The van der Waals surface area contributed by atoms with E-state index in [2.05, 4.69) is 10.6 Å². The zero-order valence-electron chi connectivity index (χ0n) is 10.2. The smallest absolute Gasteiger partial charge is 0.326 e. The van der Waals surface area contributed by atoms with E-state index in [1.165, 1.54) is 0 Å². The number of rotatable bonds is 6.